The number of hydrogen-bond acceptors (Lipinski definition) is 3. The van der Waals surface area contributed by atoms with E-state index < -0.39 is 0 Å². The molecule has 2 heterocycles. The Hall–Kier alpha value is -1.42. The van der Waals surface area contributed by atoms with Gasteiger partial charge in [-0.1, -0.05) is 18.5 Å². The molecule has 0 unspecified atom stereocenters. The van der Waals surface area contributed by atoms with Crippen molar-refractivity contribution in [3.8, 4) is 0 Å². The predicted octanol–water partition coefficient (Wildman–Crippen LogP) is 2.47. The average molecular weight is 252 g/mol. The SMILES string of the molecule is CCCN1N=C(c2ccc(Cl)cn2)CCC1=O. The number of hydrogen-bond donors (Lipinski definition) is 0. The Morgan fingerprint density at radius 2 is 2.24 bits per heavy atom. The van der Waals surface area contributed by atoms with E-state index >= 15 is 0 Å². The van der Waals surface area contributed by atoms with Gasteiger partial charge in [0.2, 0.25) is 5.91 Å². The third kappa shape index (κ3) is 2.82. The van der Waals surface area contributed by atoms with Crippen molar-refractivity contribution in [2.45, 2.75) is 26.2 Å². The predicted molar refractivity (Wildman–Crippen MR) is 67.0 cm³/mol. The Labute approximate surface area is 105 Å². The molecule has 0 N–H and O–H groups in total. The van der Waals surface area contributed by atoms with Crippen LogP contribution in [0.2, 0.25) is 5.02 Å². The van der Waals surface area contributed by atoms with E-state index in [0.29, 0.717) is 24.4 Å². The summed E-state index contributed by atoms with van der Waals surface area (Å²) in [6.07, 6.45) is 3.65. The van der Waals surface area contributed by atoms with Crippen molar-refractivity contribution in [1.82, 2.24) is 9.99 Å². The summed E-state index contributed by atoms with van der Waals surface area (Å²) in [6, 6.07) is 3.62. The molecule has 1 amide bonds. The quantitative estimate of drug-likeness (QED) is 0.829. The Kier molecular flexibility index (Phi) is 3.74. The minimum absolute atomic E-state index is 0.0876. The van der Waals surface area contributed by atoms with Crippen LogP contribution in [0.3, 0.4) is 0 Å². The largest absolute Gasteiger partial charge is 0.273 e. The van der Waals surface area contributed by atoms with Crippen LogP contribution in [-0.4, -0.2) is 28.2 Å². The van der Waals surface area contributed by atoms with Gasteiger partial charge in [-0.3, -0.25) is 9.78 Å². The highest BCUT2D eigenvalue weighted by Crippen LogP contribution is 2.15. The molecule has 1 aromatic heterocycles. The second-order valence-electron chi connectivity index (χ2n) is 3.93. The number of carbonyl (C=O) groups is 1. The summed E-state index contributed by atoms with van der Waals surface area (Å²) in [5.41, 5.74) is 1.65. The van der Waals surface area contributed by atoms with Gasteiger partial charge in [-0.15, -0.1) is 0 Å². The molecule has 0 saturated heterocycles. The van der Waals surface area contributed by atoms with E-state index in [1.807, 2.05) is 13.0 Å². The number of amides is 1. The first-order valence-corrected chi connectivity index (χ1v) is 6.08. The molecule has 17 heavy (non-hydrogen) atoms. The lowest BCUT2D eigenvalue weighted by atomic mass is 10.1. The highest BCUT2D eigenvalue weighted by atomic mass is 35.5. The Balaban J connectivity index is 2.23. The maximum atomic E-state index is 11.6. The highest BCUT2D eigenvalue weighted by molar-refractivity contribution is 6.30. The first-order valence-electron chi connectivity index (χ1n) is 5.70. The van der Waals surface area contributed by atoms with Crippen molar-refractivity contribution in [3.63, 3.8) is 0 Å². The molecular weight excluding hydrogens is 238 g/mol. The number of aromatic nitrogens is 1. The molecule has 4 nitrogen and oxygen atoms in total. The average Bonchev–Trinajstić information content (AvgIpc) is 2.33. The molecule has 0 radical (unpaired) electrons. The van der Waals surface area contributed by atoms with E-state index in [1.54, 1.807) is 12.3 Å². The number of carbonyl (C=O) groups excluding carboxylic acids is 1. The number of halogens is 1. The van der Waals surface area contributed by atoms with Crippen molar-refractivity contribution in [2.24, 2.45) is 5.10 Å². The van der Waals surface area contributed by atoms with Gasteiger partial charge in [-0.05, 0) is 18.6 Å². The molecule has 0 aromatic carbocycles. The van der Waals surface area contributed by atoms with Gasteiger partial charge in [0.1, 0.15) is 0 Å². The molecule has 0 saturated carbocycles. The molecule has 0 bridgehead atoms. The maximum absolute atomic E-state index is 11.6. The summed E-state index contributed by atoms with van der Waals surface area (Å²) in [6.45, 7) is 2.69. The summed E-state index contributed by atoms with van der Waals surface area (Å²) in [5.74, 6) is 0.0876. The molecule has 1 aliphatic heterocycles. The Morgan fingerprint density at radius 3 is 2.88 bits per heavy atom. The van der Waals surface area contributed by atoms with Crippen molar-refractivity contribution >= 4 is 23.2 Å². The van der Waals surface area contributed by atoms with E-state index in [0.717, 1.165) is 17.8 Å². The normalized spacial score (nSPS) is 16.0. The van der Waals surface area contributed by atoms with Crippen LogP contribution >= 0.6 is 11.6 Å². The number of rotatable bonds is 3. The van der Waals surface area contributed by atoms with Crippen LogP contribution in [0, 0.1) is 0 Å². The fraction of sp³-hybridized carbons (Fsp3) is 0.417. The van der Waals surface area contributed by atoms with E-state index in [4.69, 9.17) is 11.6 Å². The van der Waals surface area contributed by atoms with Crippen LogP contribution in [0.25, 0.3) is 0 Å². The number of pyridine rings is 1. The zero-order valence-corrected chi connectivity index (χ0v) is 10.4. The van der Waals surface area contributed by atoms with E-state index in [-0.39, 0.29) is 5.91 Å². The van der Waals surface area contributed by atoms with Crippen LogP contribution in [0.4, 0.5) is 0 Å². The molecular formula is C12H14ClN3O. The standard InChI is InChI=1S/C12H14ClN3O/c1-2-7-16-12(17)6-5-11(15-16)10-4-3-9(13)8-14-10/h3-4,8H,2,5-7H2,1H3. The fourth-order valence-electron chi connectivity index (χ4n) is 1.72. The van der Waals surface area contributed by atoms with Crippen molar-refractivity contribution in [2.75, 3.05) is 6.54 Å². The maximum Gasteiger partial charge on any atom is 0.243 e. The molecule has 0 atom stereocenters. The molecule has 2 rings (SSSR count). The second kappa shape index (κ2) is 5.27. The Morgan fingerprint density at radius 1 is 1.41 bits per heavy atom. The van der Waals surface area contributed by atoms with Crippen LogP contribution in [0.5, 0.6) is 0 Å². The van der Waals surface area contributed by atoms with Gasteiger partial charge in [0.25, 0.3) is 0 Å². The Bertz CT molecular complexity index is 442. The molecule has 0 fully saturated rings. The van der Waals surface area contributed by atoms with Gasteiger partial charge in [0.15, 0.2) is 0 Å². The smallest absolute Gasteiger partial charge is 0.243 e. The monoisotopic (exact) mass is 251 g/mol. The number of nitrogens with zero attached hydrogens (tertiary/aromatic N) is 3. The molecule has 0 aliphatic carbocycles. The van der Waals surface area contributed by atoms with E-state index in [1.165, 1.54) is 5.01 Å². The van der Waals surface area contributed by atoms with E-state index in [9.17, 15) is 4.79 Å². The van der Waals surface area contributed by atoms with Gasteiger partial charge in [0.05, 0.1) is 16.4 Å². The lowest BCUT2D eigenvalue weighted by Crippen LogP contribution is -2.32. The minimum Gasteiger partial charge on any atom is -0.273 e. The molecule has 5 heteroatoms. The lowest BCUT2D eigenvalue weighted by Gasteiger charge is -2.22. The van der Waals surface area contributed by atoms with Gasteiger partial charge >= 0.3 is 0 Å². The molecule has 0 spiro atoms. The molecule has 1 aromatic rings. The molecule has 1 aliphatic rings. The highest BCUT2D eigenvalue weighted by Gasteiger charge is 2.20. The summed E-state index contributed by atoms with van der Waals surface area (Å²) in [5, 5.41) is 6.49. The van der Waals surface area contributed by atoms with Gasteiger partial charge in [0, 0.05) is 25.6 Å². The van der Waals surface area contributed by atoms with Crippen LogP contribution in [0.1, 0.15) is 31.9 Å². The summed E-state index contributed by atoms with van der Waals surface area (Å²) >= 11 is 5.79. The van der Waals surface area contributed by atoms with E-state index in [2.05, 4.69) is 10.1 Å². The number of hydrazone groups is 1. The zero-order chi connectivity index (χ0) is 12.3. The third-order valence-corrected chi connectivity index (χ3v) is 2.79. The van der Waals surface area contributed by atoms with Crippen LogP contribution < -0.4 is 0 Å². The van der Waals surface area contributed by atoms with Crippen LogP contribution in [0.15, 0.2) is 23.4 Å². The first kappa shape index (κ1) is 12.0. The zero-order valence-electron chi connectivity index (χ0n) is 9.69. The minimum atomic E-state index is 0.0876. The van der Waals surface area contributed by atoms with Crippen molar-refractivity contribution in [3.05, 3.63) is 29.0 Å². The van der Waals surface area contributed by atoms with Gasteiger partial charge < -0.3 is 0 Å². The van der Waals surface area contributed by atoms with Crippen LogP contribution in [-0.2, 0) is 4.79 Å². The fourth-order valence-corrected chi connectivity index (χ4v) is 1.83. The van der Waals surface area contributed by atoms with Crippen molar-refractivity contribution < 1.29 is 4.79 Å². The first-order chi connectivity index (χ1) is 8.20. The summed E-state index contributed by atoms with van der Waals surface area (Å²) in [4.78, 5) is 15.8. The third-order valence-electron chi connectivity index (χ3n) is 2.56. The second-order valence-corrected chi connectivity index (χ2v) is 4.36. The topological polar surface area (TPSA) is 45.6 Å². The van der Waals surface area contributed by atoms with Gasteiger partial charge in [-0.2, -0.15) is 5.10 Å². The summed E-state index contributed by atoms with van der Waals surface area (Å²) < 4.78 is 0. The van der Waals surface area contributed by atoms with Crippen molar-refractivity contribution in [1.29, 1.82) is 0 Å². The van der Waals surface area contributed by atoms with Gasteiger partial charge in [-0.25, -0.2) is 5.01 Å². The molecule has 90 valence electrons. The lowest BCUT2D eigenvalue weighted by molar-refractivity contribution is -0.131. The summed E-state index contributed by atoms with van der Waals surface area (Å²) in [7, 11) is 0.